The fourth-order valence-electron chi connectivity index (χ4n) is 12.7. The topological polar surface area (TPSA) is 128 Å². The molecule has 2 N–H and O–H groups in total. The number of rotatable bonds is 9. The number of amides is 1. The molecule has 1 aliphatic heterocycles. The zero-order chi connectivity index (χ0) is 36.1. The van der Waals surface area contributed by atoms with E-state index >= 15 is 0 Å². The van der Waals surface area contributed by atoms with Crippen LogP contribution in [0.4, 0.5) is 4.79 Å². The van der Waals surface area contributed by atoms with Crippen molar-refractivity contribution >= 4 is 13.7 Å². The maximum absolute atomic E-state index is 14.0. The molecule has 0 unspecified atom stereocenters. The number of fused-ring (bicyclic) bond motifs is 5. The van der Waals surface area contributed by atoms with Crippen LogP contribution < -0.4 is 10.9 Å². The third-order valence-electron chi connectivity index (χ3n) is 15.7. The molecule has 1 aromatic heterocycles. The SMILES string of the molecule is C[C@]12CC[C@H](OC(=O)NC3CCN(CP(=O)(OC4CCCC4)OC4CCCC4)CC3)C[C@H]1CC[C@@H]1[C@@H]2CC[C@]2(C)[C@@H](c3ccc(=O)oc3)CC[C@]12O. The highest BCUT2D eigenvalue weighted by Gasteiger charge is 2.67. The van der Waals surface area contributed by atoms with E-state index in [1.165, 1.54) is 6.07 Å². The predicted octanol–water partition coefficient (Wildman–Crippen LogP) is 8.51. The molecule has 290 valence electrons. The van der Waals surface area contributed by atoms with E-state index in [4.69, 9.17) is 18.2 Å². The van der Waals surface area contributed by atoms with Crippen molar-refractivity contribution in [2.75, 3.05) is 19.4 Å². The Morgan fingerprint density at radius 1 is 0.865 bits per heavy atom. The highest BCUT2D eigenvalue weighted by atomic mass is 31.2. The number of ether oxygens (including phenoxy) is 1. The molecule has 1 saturated heterocycles. The molecule has 0 radical (unpaired) electrons. The van der Waals surface area contributed by atoms with Crippen LogP contribution >= 0.6 is 7.60 Å². The quantitative estimate of drug-likeness (QED) is 0.240. The van der Waals surface area contributed by atoms with Gasteiger partial charge in [0.15, 0.2) is 0 Å². The van der Waals surface area contributed by atoms with Crippen LogP contribution in [0.1, 0.15) is 147 Å². The molecule has 8 rings (SSSR count). The van der Waals surface area contributed by atoms with Gasteiger partial charge in [-0.05, 0) is 137 Å². The van der Waals surface area contributed by atoms with E-state index in [2.05, 4.69) is 24.1 Å². The summed E-state index contributed by atoms with van der Waals surface area (Å²) in [6.07, 6.45) is 20.3. The highest BCUT2D eigenvalue weighted by Crippen LogP contribution is 2.70. The van der Waals surface area contributed by atoms with Crippen molar-refractivity contribution in [1.29, 1.82) is 0 Å². The minimum absolute atomic E-state index is 0.0402. The lowest BCUT2D eigenvalue weighted by molar-refractivity contribution is -0.205. The highest BCUT2D eigenvalue weighted by molar-refractivity contribution is 7.53. The van der Waals surface area contributed by atoms with E-state index < -0.39 is 13.2 Å². The first kappa shape index (κ1) is 37.2. The number of nitrogens with one attached hydrogen (secondary N) is 1. The number of piperidine rings is 1. The number of aliphatic hydroxyl groups is 1. The van der Waals surface area contributed by atoms with Crippen LogP contribution in [0.25, 0.3) is 0 Å². The summed E-state index contributed by atoms with van der Waals surface area (Å²) in [5, 5.41) is 15.7. The number of likely N-dealkylation sites (tertiary alicyclic amines) is 1. The minimum Gasteiger partial charge on any atom is -0.446 e. The summed E-state index contributed by atoms with van der Waals surface area (Å²) in [6, 6.07) is 3.45. The average molecular weight is 743 g/mol. The van der Waals surface area contributed by atoms with Gasteiger partial charge in [-0.2, -0.15) is 0 Å². The molecule has 52 heavy (non-hydrogen) atoms. The van der Waals surface area contributed by atoms with Gasteiger partial charge in [0, 0.05) is 30.6 Å². The maximum atomic E-state index is 14.0. The van der Waals surface area contributed by atoms with Gasteiger partial charge < -0.3 is 28.6 Å². The summed E-state index contributed by atoms with van der Waals surface area (Å²) in [5.74, 6) is 1.39. The summed E-state index contributed by atoms with van der Waals surface area (Å²) < 4.78 is 37.9. The van der Waals surface area contributed by atoms with Crippen LogP contribution in [0.3, 0.4) is 0 Å². The molecule has 6 aliphatic carbocycles. The molecule has 6 saturated carbocycles. The number of carbonyl (C=O) groups is 1. The molecule has 0 aromatic carbocycles. The first-order valence-electron chi connectivity index (χ1n) is 20.9. The summed E-state index contributed by atoms with van der Waals surface area (Å²) in [7, 11) is -3.23. The van der Waals surface area contributed by atoms with E-state index in [9.17, 15) is 19.3 Å². The van der Waals surface area contributed by atoms with Gasteiger partial charge in [0.2, 0.25) is 0 Å². The lowest BCUT2D eigenvalue weighted by atomic mass is 9.43. The Labute approximate surface area is 310 Å². The third kappa shape index (κ3) is 7.10. The number of hydrogen-bond acceptors (Lipinski definition) is 9. The van der Waals surface area contributed by atoms with E-state index in [1.54, 1.807) is 6.26 Å². The zero-order valence-electron chi connectivity index (χ0n) is 31.6. The summed E-state index contributed by atoms with van der Waals surface area (Å²) >= 11 is 0. The standard InChI is InChI=1S/C41H63N2O8P/c1-39-20-15-33(25-29(39)12-13-36-35(39)16-21-40(2)34(17-22-41(36,40)46)28-11-14-37(44)48-26-28)49-38(45)42-30-18-23-43(24-19-30)27-52(47,50-31-7-3-4-8-31)51-32-9-5-6-10-32/h11,14,26,29-36,46H,3-10,12-13,15-25,27H2,1-2H3,(H,42,45)/t29-,33+,34-,35+,36-,39+,40-,41+/m1/s1. The molecule has 7 aliphatic rings. The van der Waals surface area contributed by atoms with Gasteiger partial charge >= 0.3 is 19.3 Å². The maximum Gasteiger partial charge on any atom is 0.407 e. The second kappa shape index (κ2) is 14.7. The molecule has 0 spiro atoms. The predicted molar refractivity (Wildman–Crippen MR) is 198 cm³/mol. The Morgan fingerprint density at radius 2 is 1.56 bits per heavy atom. The number of nitrogens with zero attached hydrogens (tertiary/aromatic N) is 1. The van der Waals surface area contributed by atoms with Crippen LogP contribution in [0.5, 0.6) is 0 Å². The largest absolute Gasteiger partial charge is 0.446 e. The molecular weight excluding hydrogens is 679 g/mol. The first-order chi connectivity index (χ1) is 25.0. The van der Waals surface area contributed by atoms with Crippen LogP contribution in [0.2, 0.25) is 0 Å². The van der Waals surface area contributed by atoms with Gasteiger partial charge in [0.25, 0.3) is 0 Å². The molecular formula is C41H63N2O8P. The van der Waals surface area contributed by atoms with Gasteiger partial charge in [-0.15, -0.1) is 0 Å². The zero-order valence-corrected chi connectivity index (χ0v) is 32.5. The van der Waals surface area contributed by atoms with Crippen LogP contribution in [-0.2, 0) is 18.3 Å². The second-order valence-corrected chi connectivity index (χ2v) is 20.4. The summed E-state index contributed by atoms with van der Waals surface area (Å²) in [4.78, 5) is 27.1. The van der Waals surface area contributed by atoms with Gasteiger partial charge in [0.1, 0.15) is 12.4 Å². The number of carbonyl (C=O) groups excluding carboxylic acids is 1. The normalized spacial score (nSPS) is 39.2. The van der Waals surface area contributed by atoms with E-state index in [0.29, 0.717) is 18.1 Å². The fraction of sp³-hybridized carbons (Fsp3) is 0.854. The second-order valence-electron chi connectivity index (χ2n) is 18.5. The van der Waals surface area contributed by atoms with Crippen molar-refractivity contribution < 1.29 is 32.7 Å². The van der Waals surface area contributed by atoms with Crippen LogP contribution in [-0.4, -0.2) is 65.4 Å². The van der Waals surface area contributed by atoms with E-state index in [1.807, 2.05) is 6.07 Å². The van der Waals surface area contributed by atoms with Crippen molar-refractivity contribution in [1.82, 2.24) is 10.2 Å². The third-order valence-corrected chi connectivity index (χ3v) is 17.7. The molecule has 11 heteroatoms. The number of alkyl carbamates (subject to hydrolysis) is 1. The molecule has 8 atom stereocenters. The molecule has 2 heterocycles. The van der Waals surface area contributed by atoms with E-state index in [-0.39, 0.29) is 58.7 Å². The molecule has 10 nitrogen and oxygen atoms in total. The molecule has 1 amide bonds. The Hall–Kier alpha value is -1.71. The lowest BCUT2D eigenvalue weighted by Gasteiger charge is -2.63. The lowest BCUT2D eigenvalue weighted by Crippen LogP contribution is -2.62. The van der Waals surface area contributed by atoms with Crippen molar-refractivity contribution in [3.63, 3.8) is 0 Å². The summed E-state index contributed by atoms with van der Waals surface area (Å²) in [6.45, 7) is 6.23. The van der Waals surface area contributed by atoms with Crippen LogP contribution in [0, 0.1) is 28.6 Å². The first-order valence-corrected chi connectivity index (χ1v) is 22.7. The van der Waals surface area contributed by atoms with Crippen molar-refractivity contribution in [3.05, 3.63) is 34.4 Å². The van der Waals surface area contributed by atoms with Gasteiger partial charge in [-0.3, -0.25) is 9.46 Å². The van der Waals surface area contributed by atoms with Gasteiger partial charge in [-0.1, -0.05) is 39.5 Å². The molecule has 7 fully saturated rings. The van der Waals surface area contributed by atoms with Crippen molar-refractivity contribution in [2.45, 2.75) is 172 Å². The molecule has 1 aromatic rings. The monoisotopic (exact) mass is 742 g/mol. The minimum atomic E-state index is -3.23. The number of hydrogen-bond donors (Lipinski definition) is 2. The molecule has 0 bridgehead atoms. The Kier molecular flexibility index (Phi) is 10.6. The Morgan fingerprint density at radius 3 is 2.21 bits per heavy atom. The Bertz CT molecular complexity index is 1490. The smallest absolute Gasteiger partial charge is 0.407 e. The van der Waals surface area contributed by atoms with Gasteiger partial charge in [-0.25, -0.2) is 9.59 Å². The van der Waals surface area contributed by atoms with Crippen molar-refractivity contribution in [2.24, 2.45) is 28.6 Å². The van der Waals surface area contributed by atoms with Crippen LogP contribution in [0.15, 0.2) is 27.6 Å². The Balaban J connectivity index is 0.821. The summed E-state index contributed by atoms with van der Waals surface area (Å²) in [5.41, 5.74) is -0.126. The fourth-order valence-corrected chi connectivity index (χ4v) is 15.0. The average Bonchev–Trinajstić information content (AvgIpc) is 3.88. The van der Waals surface area contributed by atoms with Gasteiger partial charge in [0.05, 0.1) is 24.1 Å². The van der Waals surface area contributed by atoms with E-state index in [0.717, 1.165) is 141 Å². The van der Waals surface area contributed by atoms with Crippen molar-refractivity contribution in [3.8, 4) is 0 Å².